The number of thiophene rings is 1. The number of benzene rings is 1. The van der Waals surface area contributed by atoms with E-state index in [-0.39, 0.29) is 28.3 Å². The molecule has 0 radical (unpaired) electrons. The summed E-state index contributed by atoms with van der Waals surface area (Å²) in [5, 5.41) is 4.49. The molecule has 1 aromatic carbocycles. The monoisotopic (exact) mass is 523 g/mol. The number of hydrogen-bond donors (Lipinski definition) is 2. The molecular formula is C26H29N5O3S2. The number of carbonyl (C=O) groups is 1. The molecule has 4 heterocycles. The standard InChI is InChI=1S/C26H29N5O3S2/c1-26(2)12-16(8-9-34-26)31(3)24(32)14-4-6-17-19(10-14)35-23-21(17)22(27-13-28-23)29-15-5-7-18-20(11-15)36-25(33)30-18/h5,7,11,13-14,16H,4,6,8-10,12H2,1-3H3,(H,30,33)(H,27,28,29)/t14-,16?/m1/s1. The van der Waals surface area contributed by atoms with Gasteiger partial charge in [0, 0.05) is 36.2 Å². The Bertz CT molecular complexity index is 1520. The smallest absolute Gasteiger partial charge is 0.305 e. The summed E-state index contributed by atoms with van der Waals surface area (Å²) in [5.74, 6) is 1.000. The van der Waals surface area contributed by atoms with Crippen molar-refractivity contribution in [3.8, 4) is 0 Å². The Balaban J connectivity index is 1.24. The maximum Gasteiger partial charge on any atom is 0.305 e. The second-order valence-corrected chi connectivity index (χ2v) is 12.5. The van der Waals surface area contributed by atoms with Crippen molar-refractivity contribution in [1.82, 2.24) is 19.9 Å². The zero-order valence-electron chi connectivity index (χ0n) is 20.6. The minimum Gasteiger partial charge on any atom is -0.375 e. The first-order valence-corrected chi connectivity index (χ1v) is 14.0. The molecule has 1 saturated heterocycles. The first-order chi connectivity index (χ1) is 17.3. The van der Waals surface area contributed by atoms with Crippen LogP contribution < -0.4 is 10.2 Å². The summed E-state index contributed by atoms with van der Waals surface area (Å²) in [6.07, 6.45) is 5.75. The average molecular weight is 524 g/mol. The van der Waals surface area contributed by atoms with Crippen LogP contribution in [-0.2, 0) is 22.4 Å². The minimum atomic E-state index is -0.186. The van der Waals surface area contributed by atoms with E-state index >= 15 is 0 Å². The van der Waals surface area contributed by atoms with E-state index in [0.717, 1.165) is 64.0 Å². The summed E-state index contributed by atoms with van der Waals surface area (Å²) in [6, 6.07) is 6.04. The number of rotatable bonds is 4. The number of aromatic amines is 1. The first-order valence-electron chi connectivity index (χ1n) is 12.3. The van der Waals surface area contributed by atoms with Crippen molar-refractivity contribution in [2.45, 2.75) is 57.6 Å². The predicted molar refractivity (Wildman–Crippen MR) is 144 cm³/mol. The Labute approximate surface area is 216 Å². The lowest BCUT2D eigenvalue weighted by Crippen LogP contribution is -2.48. The molecule has 0 bridgehead atoms. The van der Waals surface area contributed by atoms with Gasteiger partial charge in [0.2, 0.25) is 5.91 Å². The van der Waals surface area contributed by atoms with Crippen molar-refractivity contribution < 1.29 is 9.53 Å². The Morgan fingerprint density at radius 1 is 1.25 bits per heavy atom. The number of nitrogens with one attached hydrogen (secondary N) is 2. The molecule has 1 amide bonds. The van der Waals surface area contributed by atoms with Crippen LogP contribution in [0, 0.1) is 5.92 Å². The summed E-state index contributed by atoms with van der Waals surface area (Å²) < 4.78 is 6.76. The maximum atomic E-state index is 13.5. The van der Waals surface area contributed by atoms with Gasteiger partial charge in [0.25, 0.3) is 0 Å². The molecule has 1 unspecified atom stereocenters. The SMILES string of the molecule is CN(C(=O)[C@@H]1CCc2c(sc3ncnc(Nc4ccc5[nH]c(=O)sc5c4)c23)C1)C1CCOC(C)(C)C1. The fourth-order valence-electron chi connectivity index (χ4n) is 5.57. The molecule has 4 aromatic rings. The van der Waals surface area contributed by atoms with Crippen molar-refractivity contribution in [3.05, 3.63) is 44.6 Å². The minimum absolute atomic E-state index is 0.00957. The van der Waals surface area contributed by atoms with Crippen LogP contribution in [0.25, 0.3) is 20.4 Å². The summed E-state index contributed by atoms with van der Waals surface area (Å²) in [7, 11) is 1.96. The van der Waals surface area contributed by atoms with E-state index in [1.165, 1.54) is 21.8 Å². The molecule has 1 fully saturated rings. The Kier molecular flexibility index (Phi) is 5.85. The number of hydrogen-bond acceptors (Lipinski definition) is 8. The van der Waals surface area contributed by atoms with Gasteiger partial charge >= 0.3 is 4.87 Å². The third kappa shape index (κ3) is 4.31. The van der Waals surface area contributed by atoms with Gasteiger partial charge in [-0.2, -0.15) is 0 Å². The zero-order chi connectivity index (χ0) is 25.0. The summed E-state index contributed by atoms with van der Waals surface area (Å²) in [5.41, 5.74) is 2.78. The normalized spacial score (nSPS) is 21.4. The highest BCUT2D eigenvalue weighted by Gasteiger charge is 2.36. The van der Waals surface area contributed by atoms with Crippen molar-refractivity contribution in [2.75, 3.05) is 19.0 Å². The topological polar surface area (TPSA) is 100 Å². The van der Waals surface area contributed by atoms with E-state index in [2.05, 4.69) is 34.1 Å². The highest BCUT2D eigenvalue weighted by atomic mass is 32.1. The average Bonchev–Trinajstić information content (AvgIpc) is 3.41. The van der Waals surface area contributed by atoms with Gasteiger partial charge in [-0.05, 0) is 69.7 Å². The Morgan fingerprint density at radius 3 is 2.94 bits per heavy atom. The molecule has 2 N–H and O–H groups in total. The van der Waals surface area contributed by atoms with E-state index in [9.17, 15) is 9.59 Å². The van der Waals surface area contributed by atoms with Crippen LogP contribution in [0.5, 0.6) is 0 Å². The molecular weight excluding hydrogens is 494 g/mol. The number of amides is 1. The van der Waals surface area contributed by atoms with E-state index in [1.54, 1.807) is 17.7 Å². The number of aryl methyl sites for hydroxylation is 1. The molecule has 188 valence electrons. The molecule has 10 heteroatoms. The largest absolute Gasteiger partial charge is 0.375 e. The number of anilines is 2. The molecule has 2 aliphatic rings. The van der Waals surface area contributed by atoms with E-state index in [1.807, 2.05) is 30.1 Å². The van der Waals surface area contributed by atoms with Gasteiger partial charge in [-0.15, -0.1) is 11.3 Å². The number of carbonyl (C=O) groups excluding carboxylic acids is 1. The van der Waals surface area contributed by atoms with Crippen LogP contribution in [0.3, 0.4) is 0 Å². The maximum absolute atomic E-state index is 13.5. The second kappa shape index (κ2) is 8.93. The third-order valence-electron chi connectivity index (χ3n) is 7.44. The van der Waals surface area contributed by atoms with Crippen molar-refractivity contribution in [1.29, 1.82) is 0 Å². The lowest BCUT2D eigenvalue weighted by molar-refractivity contribution is -0.142. The quantitative estimate of drug-likeness (QED) is 0.396. The lowest BCUT2D eigenvalue weighted by atomic mass is 9.85. The van der Waals surface area contributed by atoms with Gasteiger partial charge in [-0.3, -0.25) is 9.59 Å². The summed E-state index contributed by atoms with van der Waals surface area (Å²) >= 11 is 2.87. The summed E-state index contributed by atoms with van der Waals surface area (Å²) in [4.78, 5) is 41.2. The van der Waals surface area contributed by atoms with Crippen LogP contribution in [-0.4, -0.2) is 51.1 Å². The Morgan fingerprint density at radius 2 is 2.11 bits per heavy atom. The molecule has 3 aromatic heterocycles. The van der Waals surface area contributed by atoms with E-state index < -0.39 is 0 Å². The van der Waals surface area contributed by atoms with Gasteiger partial charge in [-0.25, -0.2) is 9.97 Å². The van der Waals surface area contributed by atoms with Gasteiger partial charge in [0.15, 0.2) is 0 Å². The van der Waals surface area contributed by atoms with Gasteiger partial charge in [0.05, 0.1) is 21.2 Å². The van der Waals surface area contributed by atoms with Crippen LogP contribution in [0.4, 0.5) is 11.5 Å². The number of H-pyrrole nitrogens is 1. The molecule has 1 aliphatic heterocycles. The molecule has 8 nitrogen and oxygen atoms in total. The van der Waals surface area contributed by atoms with Gasteiger partial charge < -0.3 is 19.9 Å². The molecule has 1 aliphatic carbocycles. The number of ether oxygens (including phenoxy) is 1. The van der Waals surface area contributed by atoms with Gasteiger partial charge in [-0.1, -0.05) is 11.3 Å². The van der Waals surface area contributed by atoms with Crippen LogP contribution >= 0.6 is 22.7 Å². The lowest BCUT2D eigenvalue weighted by Gasteiger charge is -2.41. The number of fused-ring (bicyclic) bond motifs is 4. The molecule has 0 spiro atoms. The zero-order valence-corrected chi connectivity index (χ0v) is 22.2. The first kappa shape index (κ1) is 23.6. The highest BCUT2D eigenvalue weighted by Crippen LogP contribution is 2.41. The second-order valence-electron chi connectivity index (χ2n) is 10.4. The third-order valence-corrected chi connectivity index (χ3v) is 9.45. The van der Waals surface area contributed by atoms with E-state index in [4.69, 9.17) is 4.74 Å². The van der Waals surface area contributed by atoms with Crippen LogP contribution in [0.1, 0.15) is 43.6 Å². The molecule has 36 heavy (non-hydrogen) atoms. The fourth-order valence-corrected chi connectivity index (χ4v) is 7.62. The van der Waals surface area contributed by atoms with Crippen molar-refractivity contribution >= 4 is 60.5 Å². The van der Waals surface area contributed by atoms with Gasteiger partial charge in [0.1, 0.15) is 17.0 Å². The molecule has 0 saturated carbocycles. The van der Waals surface area contributed by atoms with Crippen molar-refractivity contribution in [3.63, 3.8) is 0 Å². The molecule has 2 atom stereocenters. The Hall–Kier alpha value is -2.82. The summed E-state index contributed by atoms with van der Waals surface area (Å²) in [6.45, 7) is 4.91. The van der Waals surface area contributed by atoms with E-state index in [0.29, 0.717) is 6.61 Å². The van der Waals surface area contributed by atoms with Crippen LogP contribution in [0.2, 0.25) is 0 Å². The number of thiazole rings is 1. The number of nitrogens with zero attached hydrogens (tertiary/aromatic N) is 3. The molecule has 6 rings (SSSR count). The number of aromatic nitrogens is 3. The fraction of sp³-hybridized carbons (Fsp3) is 0.462. The van der Waals surface area contributed by atoms with Crippen molar-refractivity contribution in [2.24, 2.45) is 5.92 Å². The highest BCUT2D eigenvalue weighted by molar-refractivity contribution is 7.19. The van der Waals surface area contributed by atoms with Crippen LogP contribution in [0.15, 0.2) is 29.3 Å². The predicted octanol–water partition coefficient (Wildman–Crippen LogP) is 4.86.